The van der Waals surface area contributed by atoms with Crippen molar-refractivity contribution in [1.82, 2.24) is 0 Å². The van der Waals surface area contributed by atoms with Crippen molar-refractivity contribution in [2.24, 2.45) is 0 Å². The summed E-state index contributed by atoms with van der Waals surface area (Å²) < 4.78 is 0. The molecule has 4 nitrogen and oxygen atoms in total. The zero-order chi connectivity index (χ0) is 17.6. The van der Waals surface area contributed by atoms with Gasteiger partial charge in [-0.1, -0.05) is 54.6 Å². The smallest absolute Gasteiger partial charge is 0.255 e. The van der Waals surface area contributed by atoms with Crippen molar-refractivity contribution < 1.29 is 9.59 Å². The summed E-state index contributed by atoms with van der Waals surface area (Å²) in [5, 5.41) is 5.54. The molecule has 0 aliphatic carbocycles. The molecule has 0 radical (unpaired) electrons. The minimum absolute atomic E-state index is 0.186. The molecule has 0 fully saturated rings. The number of carbonyl (C=O) groups excluding carboxylic acids is 2. The number of rotatable bonds is 4. The predicted molar refractivity (Wildman–Crippen MR) is 101 cm³/mol. The van der Waals surface area contributed by atoms with Crippen LogP contribution in [0.2, 0.25) is 0 Å². The number of hydrogen-bond acceptors (Lipinski definition) is 2. The van der Waals surface area contributed by atoms with Crippen LogP contribution in [0.4, 0.5) is 11.4 Å². The predicted octanol–water partition coefficient (Wildman–Crippen LogP) is 4.56. The highest BCUT2D eigenvalue weighted by Gasteiger charge is 2.10. The molecule has 2 N–H and O–H groups in total. The van der Waals surface area contributed by atoms with Crippen LogP contribution in [-0.2, 0) is 4.79 Å². The summed E-state index contributed by atoms with van der Waals surface area (Å²) in [5.74, 6) is -0.411. The second-order valence-corrected chi connectivity index (χ2v) is 5.62. The molecule has 124 valence electrons. The zero-order valence-corrected chi connectivity index (χ0v) is 13.8. The molecule has 2 amide bonds. The molecule has 0 saturated carbocycles. The first-order valence-electron chi connectivity index (χ1n) is 7.97. The van der Waals surface area contributed by atoms with Crippen LogP contribution < -0.4 is 10.6 Å². The van der Waals surface area contributed by atoms with Crippen molar-refractivity contribution in [3.8, 4) is 11.1 Å². The van der Waals surface area contributed by atoms with Crippen LogP contribution in [0.1, 0.15) is 17.3 Å². The Kier molecular flexibility index (Phi) is 4.90. The molecular weight excluding hydrogens is 312 g/mol. The van der Waals surface area contributed by atoms with Gasteiger partial charge in [0.05, 0.1) is 11.4 Å². The van der Waals surface area contributed by atoms with E-state index in [2.05, 4.69) is 10.6 Å². The molecule has 0 aromatic heterocycles. The Morgan fingerprint density at radius 1 is 0.640 bits per heavy atom. The summed E-state index contributed by atoms with van der Waals surface area (Å²) in [7, 11) is 0. The van der Waals surface area contributed by atoms with Gasteiger partial charge < -0.3 is 10.6 Å². The highest BCUT2D eigenvalue weighted by molar-refractivity contribution is 6.07. The fourth-order valence-corrected chi connectivity index (χ4v) is 2.53. The van der Waals surface area contributed by atoms with Crippen molar-refractivity contribution in [3.63, 3.8) is 0 Å². The van der Waals surface area contributed by atoms with Gasteiger partial charge in [0, 0.05) is 12.5 Å². The lowest BCUT2D eigenvalue weighted by Gasteiger charge is -2.11. The molecule has 0 aliphatic rings. The highest BCUT2D eigenvalue weighted by Crippen LogP contribution is 2.23. The van der Waals surface area contributed by atoms with Gasteiger partial charge in [0.1, 0.15) is 0 Å². The van der Waals surface area contributed by atoms with Crippen LogP contribution in [0, 0.1) is 0 Å². The van der Waals surface area contributed by atoms with E-state index in [1.807, 2.05) is 42.5 Å². The van der Waals surface area contributed by atoms with E-state index in [1.54, 1.807) is 36.4 Å². The van der Waals surface area contributed by atoms with Gasteiger partial charge in [0.15, 0.2) is 0 Å². The fourth-order valence-electron chi connectivity index (χ4n) is 2.53. The monoisotopic (exact) mass is 330 g/mol. The third-order valence-electron chi connectivity index (χ3n) is 3.74. The standard InChI is InChI=1S/C21H18N2O2/c1-15(24)22-19-9-5-6-10-20(19)23-21(25)18-13-11-17(12-14-18)16-7-3-2-4-8-16/h2-14H,1H3,(H,22,24)(H,23,25). The van der Waals surface area contributed by atoms with Crippen LogP contribution in [0.3, 0.4) is 0 Å². The molecule has 25 heavy (non-hydrogen) atoms. The maximum absolute atomic E-state index is 12.5. The Labute approximate surface area is 146 Å². The van der Waals surface area contributed by atoms with Gasteiger partial charge in [-0.3, -0.25) is 9.59 Å². The number of amides is 2. The quantitative estimate of drug-likeness (QED) is 0.736. The van der Waals surface area contributed by atoms with Crippen molar-refractivity contribution in [2.45, 2.75) is 6.92 Å². The Morgan fingerprint density at radius 2 is 1.16 bits per heavy atom. The number of nitrogens with one attached hydrogen (secondary N) is 2. The van der Waals surface area contributed by atoms with E-state index >= 15 is 0 Å². The largest absolute Gasteiger partial charge is 0.325 e. The lowest BCUT2D eigenvalue weighted by molar-refractivity contribution is -0.114. The van der Waals surface area contributed by atoms with Crippen LogP contribution in [0.5, 0.6) is 0 Å². The maximum atomic E-state index is 12.5. The summed E-state index contributed by atoms with van der Waals surface area (Å²) in [6.45, 7) is 1.43. The third kappa shape index (κ3) is 4.12. The second kappa shape index (κ2) is 7.45. The van der Waals surface area contributed by atoms with E-state index in [0.29, 0.717) is 16.9 Å². The van der Waals surface area contributed by atoms with E-state index in [4.69, 9.17) is 0 Å². The summed E-state index contributed by atoms with van der Waals surface area (Å²) in [5.41, 5.74) is 3.85. The molecule has 3 aromatic rings. The Bertz CT molecular complexity index is 887. The molecule has 3 rings (SSSR count). The van der Waals surface area contributed by atoms with Gasteiger partial charge in [-0.05, 0) is 35.4 Å². The van der Waals surface area contributed by atoms with Gasteiger partial charge in [-0.15, -0.1) is 0 Å². The summed E-state index contributed by atoms with van der Waals surface area (Å²) in [4.78, 5) is 23.7. The van der Waals surface area contributed by atoms with Crippen LogP contribution in [0.25, 0.3) is 11.1 Å². The number of anilines is 2. The second-order valence-electron chi connectivity index (χ2n) is 5.62. The van der Waals surface area contributed by atoms with E-state index in [-0.39, 0.29) is 11.8 Å². The van der Waals surface area contributed by atoms with Gasteiger partial charge in [0.2, 0.25) is 5.91 Å². The summed E-state index contributed by atoms with van der Waals surface area (Å²) >= 11 is 0. The molecule has 0 saturated heterocycles. The van der Waals surface area contributed by atoms with Crippen LogP contribution in [0.15, 0.2) is 78.9 Å². The summed E-state index contributed by atoms with van der Waals surface area (Å²) in [6, 6.07) is 24.5. The number of carbonyl (C=O) groups is 2. The van der Waals surface area contributed by atoms with Gasteiger partial charge >= 0.3 is 0 Å². The molecule has 4 heteroatoms. The zero-order valence-electron chi connectivity index (χ0n) is 13.8. The lowest BCUT2D eigenvalue weighted by atomic mass is 10.0. The van der Waals surface area contributed by atoms with Crippen molar-refractivity contribution in [1.29, 1.82) is 0 Å². The normalized spacial score (nSPS) is 10.1. The van der Waals surface area contributed by atoms with E-state index < -0.39 is 0 Å². The topological polar surface area (TPSA) is 58.2 Å². The molecule has 0 atom stereocenters. The molecule has 3 aromatic carbocycles. The van der Waals surface area contributed by atoms with Crippen molar-refractivity contribution >= 4 is 23.2 Å². The third-order valence-corrected chi connectivity index (χ3v) is 3.74. The summed E-state index contributed by atoms with van der Waals surface area (Å²) in [6.07, 6.45) is 0. The van der Waals surface area contributed by atoms with E-state index in [9.17, 15) is 9.59 Å². The number of para-hydroxylation sites is 2. The molecule has 0 unspecified atom stereocenters. The Balaban J connectivity index is 1.77. The van der Waals surface area contributed by atoms with Gasteiger partial charge in [-0.2, -0.15) is 0 Å². The molecule has 0 aliphatic heterocycles. The fraction of sp³-hybridized carbons (Fsp3) is 0.0476. The average molecular weight is 330 g/mol. The molecule has 0 bridgehead atoms. The van der Waals surface area contributed by atoms with Gasteiger partial charge in [0.25, 0.3) is 5.91 Å². The highest BCUT2D eigenvalue weighted by atomic mass is 16.2. The maximum Gasteiger partial charge on any atom is 0.255 e. The first-order valence-corrected chi connectivity index (χ1v) is 7.97. The van der Waals surface area contributed by atoms with Crippen LogP contribution in [-0.4, -0.2) is 11.8 Å². The number of hydrogen-bond donors (Lipinski definition) is 2. The van der Waals surface area contributed by atoms with Crippen molar-refractivity contribution in [3.05, 3.63) is 84.4 Å². The molecule has 0 spiro atoms. The lowest BCUT2D eigenvalue weighted by Crippen LogP contribution is -2.15. The minimum atomic E-state index is -0.225. The number of benzene rings is 3. The first kappa shape index (κ1) is 16.5. The Hall–Kier alpha value is -3.40. The van der Waals surface area contributed by atoms with Crippen molar-refractivity contribution in [2.75, 3.05) is 10.6 Å². The minimum Gasteiger partial charge on any atom is -0.325 e. The Morgan fingerprint density at radius 3 is 1.76 bits per heavy atom. The molecule has 0 heterocycles. The van der Waals surface area contributed by atoms with E-state index in [0.717, 1.165) is 11.1 Å². The van der Waals surface area contributed by atoms with E-state index in [1.165, 1.54) is 6.92 Å². The molecular formula is C21H18N2O2. The SMILES string of the molecule is CC(=O)Nc1ccccc1NC(=O)c1ccc(-c2ccccc2)cc1. The first-order chi connectivity index (χ1) is 12.1. The van der Waals surface area contributed by atoms with Gasteiger partial charge in [-0.25, -0.2) is 0 Å². The average Bonchev–Trinajstić information content (AvgIpc) is 2.64. The van der Waals surface area contributed by atoms with Crippen LogP contribution >= 0.6 is 0 Å².